The van der Waals surface area contributed by atoms with Crippen LogP contribution >= 0.6 is 0 Å². The Bertz CT molecular complexity index is 479. The molecule has 0 heterocycles. The Morgan fingerprint density at radius 1 is 1.35 bits per heavy atom. The van der Waals surface area contributed by atoms with E-state index in [1.807, 2.05) is 0 Å². The van der Waals surface area contributed by atoms with Gasteiger partial charge in [-0.25, -0.2) is 4.39 Å². The van der Waals surface area contributed by atoms with Crippen molar-refractivity contribution in [1.29, 1.82) is 5.41 Å². The highest BCUT2D eigenvalue weighted by atomic mass is 19.1. The number of hydrogen-bond donors (Lipinski definition) is 2. The van der Waals surface area contributed by atoms with E-state index < -0.39 is 0 Å². The van der Waals surface area contributed by atoms with Crippen molar-refractivity contribution in [2.75, 3.05) is 7.05 Å². The number of nitrogens with one attached hydrogen (secondary N) is 1. The molecule has 110 valence electrons. The topological polar surface area (TPSA) is 53.1 Å². The molecule has 1 aromatic carbocycles. The summed E-state index contributed by atoms with van der Waals surface area (Å²) in [6.07, 6.45) is 4.98. The summed E-state index contributed by atoms with van der Waals surface area (Å²) in [4.78, 5) is 2.31. The normalized spacial score (nSPS) is 23.0. The van der Waals surface area contributed by atoms with Crippen molar-refractivity contribution in [3.63, 3.8) is 0 Å². The second kappa shape index (κ2) is 6.35. The van der Waals surface area contributed by atoms with E-state index in [4.69, 9.17) is 11.1 Å². The monoisotopic (exact) mass is 277 g/mol. The smallest absolute Gasteiger partial charge is 0.123 e. The van der Waals surface area contributed by atoms with Gasteiger partial charge in [0.1, 0.15) is 11.7 Å². The van der Waals surface area contributed by atoms with Gasteiger partial charge in [-0.15, -0.1) is 0 Å². The first-order chi connectivity index (χ1) is 9.47. The third-order valence-corrected chi connectivity index (χ3v) is 4.39. The molecule has 0 atom stereocenters. The van der Waals surface area contributed by atoms with Gasteiger partial charge in [0.05, 0.1) is 0 Å². The standard InChI is InChI=1S/C16H24FN3/c1-11-3-7-14(8-4-11)20(2)10-12-5-6-13(17)9-15(12)16(18)19/h5-6,9,11,14H,3-4,7-8,10H2,1-2H3,(H3,18,19). The first-order valence-corrected chi connectivity index (χ1v) is 7.30. The number of nitrogens with zero attached hydrogens (tertiary/aromatic N) is 1. The number of halogens is 1. The summed E-state index contributed by atoms with van der Waals surface area (Å²) in [5, 5.41) is 7.58. The van der Waals surface area contributed by atoms with Gasteiger partial charge < -0.3 is 5.73 Å². The average molecular weight is 277 g/mol. The molecular formula is C16H24FN3. The maximum atomic E-state index is 13.3. The highest BCUT2D eigenvalue weighted by Gasteiger charge is 2.22. The van der Waals surface area contributed by atoms with Crippen LogP contribution in [0, 0.1) is 17.1 Å². The predicted molar refractivity (Wildman–Crippen MR) is 80.3 cm³/mol. The van der Waals surface area contributed by atoms with Gasteiger partial charge in [0.15, 0.2) is 0 Å². The highest BCUT2D eigenvalue weighted by Crippen LogP contribution is 2.27. The largest absolute Gasteiger partial charge is 0.384 e. The molecule has 0 bridgehead atoms. The van der Waals surface area contributed by atoms with E-state index >= 15 is 0 Å². The zero-order chi connectivity index (χ0) is 14.7. The lowest BCUT2D eigenvalue weighted by Gasteiger charge is -2.34. The van der Waals surface area contributed by atoms with Crippen molar-refractivity contribution < 1.29 is 4.39 Å². The van der Waals surface area contributed by atoms with E-state index in [1.54, 1.807) is 6.07 Å². The maximum absolute atomic E-state index is 13.3. The summed E-state index contributed by atoms with van der Waals surface area (Å²) < 4.78 is 13.3. The summed E-state index contributed by atoms with van der Waals surface area (Å²) in [6.45, 7) is 3.03. The van der Waals surface area contributed by atoms with Crippen molar-refractivity contribution in [2.24, 2.45) is 11.7 Å². The van der Waals surface area contributed by atoms with Gasteiger partial charge in [0.25, 0.3) is 0 Å². The van der Waals surface area contributed by atoms with Crippen LogP contribution in [-0.4, -0.2) is 23.8 Å². The van der Waals surface area contributed by atoms with Gasteiger partial charge in [-0.3, -0.25) is 10.3 Å². The molecule has 2 rings (SSSR count). The van der Waals surface area contributed by atoms with Crippen LogP contribution in [0.5, 0.6) is 0 Å². The number of benzene rings is 1. The summed E-state index contributed by atoms with van der Waals surface area (Å²) in [6, 6.07) is 5.12. The van der Waals surface area contributed by atoms with Gasteiger partial charge >= 0.3 is 0 Å². The Morgan fingerprint density at radius 3 is 2.60 bits per heavy atom. The molecule has 1 aromatic rings. The molecule has 3 N–H and O–H groups in total. The fraction of sp³-hybridized carbons (Fsp3) is 0.562. The summed E-state index contributed by atoms with van der Waals surface area (Å²) in [7, 11) is 2.11. The third-order valence-electron chi connectivity index (χ3n) is 4.39. The molecule has 20 heavy (non-hydrogen) atoms. The summed E-state index contributed by atoms with van der Waals surface area (Å²) in [5.74, 6) is 0.427. The Balaban J connectivity index is 2.07. The Kier molecular flexibility index (Phi) is 4.76. The van der Waals surface area contributed by atoms with Crippen molar-refractivity contribution in [2.45, 2.75) is 45.2 Å². The van der Waals surface area contributed by atoms with Crippen LogP contribution in [0.15, 0.2) is 18.2 Å². The lowest BCUT2D eigenvalue weighted by atomic mass is 9.86. The number of nitrogens with two attached hydrogens (primary N) is 1. The van der Waals surface area contributed by atoms with Crippen LogP contribution in [0.3, 0.4) is 0 Å². The molecule has 0 unspecified atom stereocenters. The number of nitrogen functional groups attached to an aromatic ring is 1. The number of rotatable bonds is 4. The van der Waals surface area contributed by atoms with E-state index in [2.05, 4.69) is 18.9 Å². The molecule has 1 saturated carbocycles. The summed E-state index contributed by atoms with van der Waals surface area (Å²) >= 11 is 0. The summed E-state index contributed by atoms with van der Waals surface area (Å²) in [5.41, 5.74) is 7.00. The van der Waals surface area contributed by atoms with Crippen LogP contribution < -0.4 is 5.73 Å². The third kappa shape index (κ3) is 3.57. The quantitative estimate of drug-likeness (QED) is 0.656. The first-order valence-electron chi connectivity index (χ1n) is 7.30. The van der Waals surface area contributed by atoms with Gasteiger partial charge in [-0.05, 0) is 56.3 Å². The van der Waals surface area contributed by atoms with E-state index in [0.717, 1.165) is 11.5 Å². The molecule has 1 aliphatic rings. The van der Waals surface area contributed by atoms with Crippen LogP contribution in [0.25, 0.3) is 0 Å². The minimum atomic E-state index is -0.340. The fourth-order valence-electron chi connectivity index (χ4n) is 3.02. The second-order valence-corrected chi connectivity index (χ2v) is 6.04. The van der Waals surface area contributed by atoms with Crippen molar-refractivity contribution in [3.05, 3.63) is 35.1 Å². The SMILES string of the molecule is CC1CCC(N(C)Cc2ccc(F)cc2C(=N)N)CC1. The van der Waals surface area contributed by atoms with Crippen molar-refractivity contribution in [1.82, 2.24) is 4.90 Å². The molecule has 0 amide bonds. The van der Waals surface area contributed by atoms with Crippen molar-refractivity contribution >= 4 is 5.84 Å². The van der Waals surface area contributed by atoms with Crippen LogP contribution in [-0.2, 0) is 6.54 Å². The van der Waals surface area contributed by atoms with E-state index in [-0.39, 0.29) is 11.7 Å². The van der Waals surface area contributed by atoms with Gasteiger partial charge in [-0.1, -0.05) is 13.0 Å². The number of amidine groups is 1. The lowest BCUT2D eigenvalue weighted by molar-refractivity contribution is 0.164. The van der Waals surface area contributed by atoms with Crippen LogP contribution in [0.1, 0.15) is 43.7 Å². The average Bonchev–Trinajstić information content (AvgIpc) is 2.41. The molecule has 0 saturated heterocycles. The van der Waals surface area contributed by atoms with Gasteiger partial charge in [-0.2, -0.15) is 0 Å². The molecule has 0 aromatic heterocycles. The van der Waals surface area contributed by atoms with Gasteiger partial charge in [0, 0.05) is 18.2 Å². The zero-order valence-corrected chi connectivity index (χ0v) is 12.3. The molecule has 4 heteroatoms. The number of hydrogen-bond acceptors (Lipinski definition) is 2. The minimum Gasteiger partial charge on any atom is -0.384 e. The minimum absolute atomic E-state index is 0.0647. The Hall–Kier alpha value is -1.42. The molecule has 1 fully saturated rings. The maximum Gasteiger partial charge on any atom is 0.123 e. The Labute approximate surface area is 120 Å². The van der Waals surface area contributed by atoms with Crippen LogP contribution in [0.2, 0.25) is 0 Å². The van der Waals surface area contributed by atoms with Crippen LogP contribution in [0.4, 0.5) is 4.39 Å². The molecule has 1 aliphatic carbocycles. The fourth-order valence-corrected chi connectivity index (χ4v) is 3.02. The van der Waals surface area contributed by atoms with E-state index in [0.29, 0.717) is 18.2 Å². The van der Waals surface area contributed by atoms with E-state index in [1.165, 1.54) is 37.8 Å². The molecule has 0 aliphatic heterocycles. The molecule has 3 nitrogen and oxygen atoms in total. The lowest BCUT2D eigenvalue weighted by Crippen LogP contribution is -2.35. The van der Waals surface area contributed by atoms with Crippen molar-refractivity contribution in [3.8, 4) is 0 Å². The second-order valence-electron chi connectivity index (χ2n) is 6.04. The predicted octanol–water partition coefficient (Wildman–Crippen LogP) is 3.12. The Morgan fingerprint density at radius 2 is 2.00 bits per heavy atom. The highest BCUT2D eigenvalue weighted by molar-refractivity contribution is 5.96. The zero-order valence-electron chi connectivity index (χ0n) is 12.3. The first kappa shape index (κ1) is 15.0. The molecular weight excluding hydrogens is 253 g/mol. The molecule has 0 radical (unpaired) electrons. The molecule has 0 spiro atoms. The van der Waals surface area contributed by atoms with Gasteiger partial charge in [0.2, 0.25) is 0 Å². The van der Waals surface area contributed by atoms with E-state index in [9.17, 15) is 4.39 Å².